The number of benzene rings is 2. The molecule has 0 bridgehead atoms. The highest BCUT2D eigenvalue weighted by Crippen LogP contribution is 2.32. The molecule has 0 radical (unpaired) electrons. The van der Waals surface area contributed by atoms with Gasteiger partial charge in [-0.15, -0.1) is 11.3 Å². The van der Waals surface area contributed by atoms with Crippen molar-refractivity contribution in [2.24, 2.45) is 0 Å². The molecule has 5 rings (SSSR count). The quantitative estimate of drug-likeness (QED) is 0.249. The van der Waals surface area contributed by atoms with Crippen LogP contribution in [-0.4, -0.2) is 41.1 Å². The third-order valence-corrected chi connectivity index (χ3v) is 7.50. The van der Waals surface area contributed by atoms with Crippen LogP contribution in [0, 0.1) is 0 Å². The Morgan fingerprint density at radius 3 is 2.65 bits per heavy atom. The summed E-state index contributed by atoms with van der Waals surface area (Å²) in [6.45, 7) is 7.85. The lowest BCUT2D eigenvalue weighted by atomic mass is 10.0. The number of amides is 1. The standard InChI is InChI=1S/C28H32N6O2S/c1-4-28(2,3)34-24(35)17-36-22-7-5-6-19(14-22)26-32-23-12-13-37-25(23)27(33-26)31-21-10-8-18(9-11-21)20-15-29-30-16-20/h5-14,20,29-30H,4,15-17H2,1-3H3,(H,34,35)(H,31,32,33). The number of carbonyl (C=O) groups is 1. The van der Waals surface area contributed by atoms with E-state index in [0.717, 1.165) is 46.8 Å². The molecule has 8 nitrogen and oxygen atoms in total. The van der Waals surface area contributed by atoms with E-state index in [0.29, 0.717) is 17.5 Å². The maximum atomic E-state index is 12.3. The van der Waals surface area contributed by atoms with E-state index in [4.69, 9.17) is 14.7 Å². The Balaban J connectivity index is 1.34. The first-order valence-electron chi connectivity index (χ1n) is 12.5. The summed E-state index contributed by atoms with van der Waals surface area (Å²) in [5.41, 5.74) is 10.1. The third-order valence-electron chi connectivity index (χ3n) is 6.59. The van der Waals surface area contributed by atoms with E-state index < -0.39 is 0 Å². The van der Waals surface area contributed by atoms with Gasteiger partial charge < -0.3 is 15.4 Å². The van der Waals surface area contributed by atoms with E-state index in [1.807, 2.05) is 56.5 Å². The minimum Gasteiger partial charge on any atom is -0.484 e. The second kappa shape index (κ2) is 10.8. The summed E-state index contributed by atoms with van der Waals surface area (Å²) in [6.07, 6.45) is 0.840. The van der Waals surface area contributed by atoms with Crippen LogP contribution in [0.25, 0.3) is 21.6 Å². The van der Waals surface area contributed by atoms with Gasteiger partial charge in [0.1, 0.15) is 5.75 Å². The van der Waals surface area contributed by atoms with Crippen LogP contribution < -0.4 is 26.2 Å². The molecule has 0 spiro atoms. The number of fused-ring (bicyclic) bond motifs is 1. The van der Waals surface area contributed by atoms with Crippen molar-refractivity contribution in [1.29, 1.82) is 0 Å². The van der Waals surface area contributed by atoms with Crippen LogP contribution in [0.1, 0.15) is 38.7 Å². The predicted molar refractivity (Wildman–Crippen MR) is 149 cm³/mol. The normalized spacial score (nSPS) is 14.1. The number of hydrogen-bond acceptors (Lipinski definition) is 8. The molecule has 0 saturated carbocycles. The van der Waals surface area contributed by atoms with Gasteiger partial charge in [-0.25, -0.2) is 9.97 Å². The zero-order chi connectivity index (χ0) is 25.8. The molecule has 1 aliphatic heterocycles. The third kappa shape index (κ3) is 6.07. The Kier molecular flexibility index (Phi) is 7.36. The number of nitrogens with one attached hydrogen (secondary N) is 4. The number of thiophene rings is 1. The molecule has 4 aromatic rings. The van der Waals surface area contributed by atoms with E-state index in [1.54, 1.807) is 11.3 Å². The van der Waals surface area contributed by atoms with Crippen molar-refractivity contribution in [3.8, 4) is 17.1 Å². The minimum atomic E-state index is -0.263. The van der Waals surface area contributed by atoms with Gasteiger partial charge in [-0.3, -0.25) is 15.6 Å². The van der Waals surface area contributed by atoms with Gasteiger partial charge in [0.25, 0.3) is 5.91 Å². The number of hydrogen-bond donors (Lipinski definition) is 4. The number of rotatable bonds is 9. The summed E-state index contributed by atoms with van der Waals surface area (Å²) < 4.78 is 6.78. The predicted octanol–water partition coefficient (Wildman–Crippen LogP) is 4.98. The highest BCUT2D eigenvalue weighted by atomic mass is 32.1. The molecule has 37 heavy (non-hydrogen) atoms. The van der Waals surface area contributed by atoms with Crippen LogP contribution in [0.4, 0.5) is 11.5 Å². The molecule has 0 aliphatic carbocycles. The molecule has 1 fully saturated rings. The summed E-state index contributed by atoms with van der Waals surface area (Å²) >= 11 is 1.61. The second-order valence-corrected chi connectivity index (χ2v) is 10.8. The Bertz CT molecular complexity index is 1380. The van der Waals surface area contributed by atoms with Crippen molar-refractivity contribution in [3.05, 3.63) is 65.5 Å². The molecule has 3 heterocycles. The topological polar surface area (TPSA) is 100 Å². The van der Waals surface area contributed by atoms with Gasteiger partial charge in [0.2, 0.25) is 0 Å². The largest absolute Gasteiger partial charge is 0.484 e. The van der Waals surface area contributed by atoms with E-state index in [2.05, 4.69) is 45.8 Å². The molecule has 0 atom stereocenters. The molecule has 9 heteroatoms. The number of carbonyl (C=O) groups excluding carboxylic acids is 1. The van der Waals surface area contributed by atoms with Crippen LogP contribution in [0.2, 0.25) is 0 Å². The average Bonchev–Trinajstić information content (AvgIpc) is 3.61. The highest BCUT2D eigenvalue weighted by molar-refractivity contribution is 7.17. The van der Waals surface area contributed by atoms with Crippen LogP contribution in [0.15, 0.2) is 60.0 Å². The Hall–Kier alpha value is -3.53. The van der Waals surface area contributed by atoms with Crippen molar-refractivity contribution in [3.63, 3.8) is 0 Å². The number of nitrogens with zero attached hydrogens (tertiary/aromatic N) is 2. The molecule has 1 saturated heterocycles. The lowest BCUT2D eigenvalue weighted by Gasteiger charge is -2.24. The van der Waals surface area contributed by atoms with Gasteiger partial charge in [0.05, 0.1) is 10.2 Å². The number of anilines is 2. The number of hydrazine groups is 1. The zero-order valence-corrected chi connectivity index (χ0v) is 22.1. The van der Waals surface area contributed by atoms with E-state index in [1.165, 1.54) is 5.56 Å². The van der Waals surface area contributed by atoms with Crippen molar-refractivity contribution in [1.82, 2.24) is 26.1 Å². The van der Waals surface area contributed by atoms with Crippen LogP contribution in [0.5, 0.6) is 5.75 Å². The first kappa shape index (κ1) is 25.1. The maximum absolute atomic E-state index is 12.3. The number of ether oxygens (including phenoxy) is 1. The summed E-state index contributed by atoms with van der Waals surface area (Å²) in [6, 6.07) is 18.0. The van der Waals surface area contributed by atoms with Crippen LogP contribution >= 0.6 is 11.3 Å². The Morgan fingerprint density at radius 2 is 1.89 bits per heavy atom. The fourth-order valence-electron chi connectivity index (χ4n) is 4.13. The zero-order valence-electron chi connectivity index (χ0n) is 21.3. The first-order chi connectivity index (χ1) is 17.9. The van der Waals surface area contributed by atoms with Crippen LogP contribution in [-0.2, 0) is 4.79 Å². The molecular weight excluding hydrogens is 484 g/mol. The minimum absolute atomic E-state index is 0.0485. The van der Waals surface area contributed by atoms with E-state index >= 15 is 0 Å². The van der Waals surface area contributed by atoms with Gasteiger partial charge in [-0.05, 0) is 61.5 Å². The van der Waals surface area contributed by atoms with Gasteiger partial charge in [0, 0.05) is 35.8 Å². The van der Waals surface area contributed by atoms with Crippen molar-refractivity contribution in [2.45, 2.75) is 38.6 Å². The lowest BCUT2D eigenvalue weighted by Crippen LogP contribution is -2.44. The molecule has 4 N–H and O–H groups in total. The fraction of sp³-hybridized carbons (Fsp3) is 0.321. The molecule has 1 amide bonds. The average molecular weight is 517 g/mol. The summed E-state index contributed by atoms with van der Waals surface area (Å²) in [5.74, 6) is 2.28. The monoisotopic (exact) mass is 516 g/mol. The van der Waals surface area contributed by atoms with Crippen molar-refractivity contribution >= 4 is 39.0 Å². The smallest absolute Gasteiger partial charge is 0.258 e. The van der Waals surface area contributed by atoms with E-state index in [9.17, 15) is 4.79 Å². The molecular formula is C28H32N6O2S. The summed E-state index contributed by atoms with van der Waals surface area (Å²) in [7, 11) is 0. The summed E-state index contributed by atoms with van der Waals surface area (Å²) in [4.78, 5) is 22.0. The fourth-order valence-corrected chi connectivity index (χ4v) is 4.90. The molecule has 192 valence electrons. The molecule has 1 aliphatic rings. The summed E-state index contributed by atoms with van der Waals surface area (Å²) in [5, 5.41) is 8.50. The number of aromatic nitrogens is 2. The van der Waals surface area contributed by atoms with Gasteiger partial charge in [-0.2, -0.15) is 0 Å². The van der Waals surface area contributed by atoms with E-state index in [-0.39, 0.29) is 18.1 Å². The second-order valence-electron chi connectivity index (χ2n) is 9.84. The molecule has 0 unspecified atom stereocenters. The molecule has 2 aromatic heterocycles. The van der Waals surface area contributed by atoms with Gasteiger partial charge >= 0.3 is 0 Å². The van der Waals surface area contributed by atoms with Gasteiger partial charge in [-0.1, -0.05) is 31.2 Å². The first-order valence-corrected chi connectivity index (χ1v) is 13.4. The SMILES string of the molecule is CCC(C)(C)NC(=O)COc1cccc(-c2nc(Nc3ccc(C4CNNC4)cc3)c3sccc3n2)c1. The Labute approximate surface area is 220 Å². The highest BCUT2D eigenvalue weighted by Gasteiger charge is 2.19. The maximum Gasteiger partial charge on any atom is 0.258 e. The van der Waals surface area contributed by atoms with Crippen molar-refractivity contribution < 1.29 is 9.53 Å². The lowest BCUT2D eigenvalue weighted by molar-refractivity contribution is -0.124. The van der Waals surface area contributed by atoms with Crippen LogP contribution in [0.3, 0.4) is 0 Å². The Morgan fingerprint density at radius 1 is 1.11 bits per heavy atom. The van der Waals surface area contributed by atoms with Crippen molar-refractivity contribution in [2.75, 3.05) is 25.0 Å². The molecule has 2 aromatic carbocycles. The van der Waals surface area contributed by atoms with Gasteiger partial charge in [0.15, 0.2) is 18.2 Å².